The first-order chi connectivity index (χ1) is 25.2. The fraction of sp³-hybridized carbons (Fsp3) is 0.378. The first-order valence-corrected chi connectivity index (χ1v) is 16.8. The lowest BCUT2D eigenvalue weighted by Crippen LogP contribution is -2.37. The van der Waals surface area contributed by atoms with Gasteiger partial charge in [0.1, 0.15) is 25.4 Å². The van der Waals surface area contributed by atoms with Crippen molar-refractivity contribution in [2.24, 2.45) is 0 Å². The Morgan fingerprint density at radius 3 is 2.06 bits per heavy atom. The summed E-state index contributed by atoms with van der Waals surface area (Å²) < 4.78 is 41.9. The average molecular weight is 741 g/mol. The first-order valence-electron chi connectivity index (χ1n) is 16.8. The molecule has 0 aromatic heterocycles. The number of nitrogens with zero attached hydrogens (tertiary/aromatic N) is 2. The number of ether oxygens (including phenoxy) is 2. The van der Waals surface area contributed by atoms with Crippen LogP contribution in [-0.4, -0.2) is 113 Å². The summed E-state index contributed by atoms with van der Waals surface area (Å²) in [4.78, 5) is 60.7. The summed E-state index contributed by atoms with van der Waals surface area (Å²) in [6.45, 7) is -2.91. The molecule has 0 unspecified atom stereocenters. The quantitative estimate of drug-likeness (QED) is 0.146. The number of allylic oxidation sites excluding steroid dienone is 5. The highest BCUT2D eigenvalue weighted by molar-refractivity contribution is 6.08. The van der Waals surface area contributed by atoms with Crippen molar-refractivity contribution >= 4 is 40.9 Å². The maximum atomic E-state index is 15.2. The second kappa shape index (κ2) is 16.4. The third-order valence-electron chi connectivity index (χ3n) is 9.43. The fourth-order valence-corrected chi connectivity index (χ4v) is 7.32. The Balaban J connectivity index is 1.56. The Morgan fingerprint density at radius 1 is 0.792 bits per heavy atom. The summed E-state index contributed by atoms with van der Waals surface area (Å²) in [5.74, 6) is -8.50. The van der Waals surface area contributed by atoms with Gasteiger partial charge in [-0.2, -0.15) is 0 Å². The van der Waals surface area contributed by atoms with Crippen LogP contribution in [0, 0.1) is 5.82 Å². The number of anilines is 1. The number of fused-ring (bicyclic) bond motifs is 4. The highest BCUT2D eigenvalue weighted by Crippen LogP contribution is 2.57. The molecule has 0 amide bonds. The van der Waals surface area contributed by atoms with Crippen LogP contribution < -0.4 is 9.64 Å². The lowest BCUT2D eigenvalue weighted by molar-refractivity contribution is -0.142. The van der Waals surface area contributed by atoms with Crippen molar-refractivity contribution in [3.05, 3.63) is 82.0 Å². The zero-order chi connectivity index (χ0) is 38.4. The van der Waals surface area contributed by atoms with E-state index in [9.17, 15) is 39.3 Å². The van der Waals surface area contributed by atoms with Gasteiger partial charge in [0, 0.05) is 12.0 Å². The average Bonchev–Trinajstić information content (AvgIpc) is 3.08. The van der Waals surface area contributed by atoms with E-state index in [1.54, 1.807) is 0 Å². The maximum Gasteiger partial charge on any atom is 0.323 e. The van der Waals surface area contributed by atoms with Crippen LogP contribution in [0.25, 0.3) is 5.57 Å². The van der Waals surface area contributed by atoms with Gasteiger partial charge in [0.25, 0.3) is 0 Å². The SMILES string of the molecule is O=C(O)CN(CCOCCOc1cc(C2=C3C=C(F)C(=O)C=C3C3(CCCCC3)c3cc(O)c(F)cc32)ccc1N(CC(=O)O)CC(=O)O)CC(=O)O. The van der Waals surface area contributed by atoms with Crippen molar-refractivity contribution < 1.29 is 67.8 Å². The molecule has 0 saturated heterocycles. The van der Waals surface area contributed by atoms with Crippen molar-refractivity contribution in [2.75, 3.05) is 57.4 Å². The van der Waals surface area contributed by atoms with Gasteiger partial charge in [-0.15, -0.1) is 0 Å². The monoisotopic (exact) mass is 740 g/mol. The second-order valence-corrected chi connectivity index (χ2v) is 13.0. The van der Waals surface area contributed by atoms with Crippen molar-refractivity contribution in [1.29, 1.82) is 0 Å². The number of carboxylic acids is 4. The topological polar surface area (TPSA) is 211 Å². The van der Waals surface area contributed by atoms with Crippen molar-refractivity contribution in [3.63, 3.8) is 0 Å². The number of rotatable bonds is 17. The zero-order valence-electron chi connectivity index (χ0n) is 28.5. The molecule has 3 aliphatic carbocycles. The highest BCUT2D eigenvalue weighted by Gasteiger charge is 2.46. The Bertz CT molecular complexity index is 1880. The Morgan fingerprint density at radius 2 is 1.43 bits per heavy atom. The van der Waals surface area contributed by atoms with E-state index in [0.29, 0.717) is 46.3 Å². The van der Waals surface area contributed by atoms with Gasteiger partial charge >= 0.3 is 23.9 Å². The summed E-state index contributed by atoms with van der Waals surface area (Å²) >= 11 is 0. The Hall–Kier alpha value is -5.61. The zero-order valence-corrected chi connectivity index (χ0v) is 28.5. The van der Waals surface area contributed by atoms with Crippen LogP contribution in [0.5, 0.6) is 11.5 Å². The number of carbonyl (C=O) groups is 5. The maximum absolute atomic E-state index is 15.2. The van der Waals surface area contributed by atoms with E-state index in [4.69, 9.17) is 19.7 Å². The molecule has 0 bridgehead atoms. The molecule has 5 N–H and O–H groups in total. The highest BCUT2D eigenvalue weighted by atomic mass is 19.1. The van der Waals surface area contributed by atoms with Gasteiger partial charge in [0.05, 0.1) is 32.0 Å². The van der Waals surface area contributed by atoms with Crippen LogP contribution in [0.4, 0.5) is 14.5 Å². The molecular formula is C37H38F2N2O12. The van der Waals surface area contributed by atoms with Gasteiger partial charge in [-0.25, -0.2) is 8.78 Å². The van der Waals surface area contributed by atoms with E-state index in [1.165, 1.54) is 30.3 Å². The largest absolute Gasteiger partial charge is 0.505 e. The van der Waals surface area contributed by atoms with Crippen LogP contribution in [0.3, 0.4) is 0 Å². The summed E-state index contributed by atoms with van der Waals surface area (Å²) in [5.41, 5.74) is 1.62. The number of ketones is 1. The molecule has 14 nitrogen and oxygen atoms in total. The molecule has 0 atom stereocenters. The summed E-state index contributed by atoms with van der Waals surface area (Å²) in [6, 6.07) is 6.89. The van der Waals surface area contributed by atoms with Gasteiger partial charge in [-0.05, 0) is 82.7 Å². The number of phenolic OH excluding ortho intramolecular Hbond substituents is 1. The molecule has 2 aromatic carbocycles. The second-order valence-electron chi connectivity index (χ2n) is 13.0. The lowest BCUT2D eigenvalue weighted by atomic mass is 9.57. The van der Waals surface area contributed by atoms with E-state index in [1.807, 2.05) is 0 Å². The summed E-state index contributed by atoms with van der Waals surface area (Å²) in [6.07, 6.45) is 5.94. The molecule has 3 aliphatic rings. The van der Waals surface area contributed by atoms with Crippen molar-refractivity contribution in [2.45, 2.75) is 37.5 Å². The number of benzene rings is 2. The normalized spacial score (nSPS) is 16.1. The molecule has 0 aliphatic heterocycles. The smallest absolute Gasteiger partial charge is 0.323 e. The molecule has 5 rings (SSSR count). The molecule has 0 radical (unpaired) electrons. The number of hydrogen-bond donors (Lipinski definition) is 5. The molecule has 16 heteroatoms. The number of hydrogen-bond acceptors (Lipinski definition) is 10. The number of carboxylic acid groups (broad SMARTS) is 4. The van der Waals surface area contributed by atoms with Crippen LogP contribution in [0.15, 0.2) is 59.5 Å². The molecule has 1 saturated carbocycles. The number of phenols is 1. The molecule has 282 valence electrons. The molecule has 2 aromatic rings. The predicted octanol–water partition coefficient (Wildman–Crippen LogP) is 3.75. The molecule has 53 heavy (non-hydrogen) atoms. The Kier molecular flexibility index (Phi) is 11.9. The molecular weight excluding hydrogens is 702 g/mol. The van der Waals surface area contributed by atoms with E-state index < -0.39 is 78.6 Å². The van der Waals surface area contributed by atoms with E-state index in [0.717, 1.165) is 41.2 Å². The van der Waals surface area contributed by atoms with Crippen LogP contribution >= 0.6 is 0 Å². The number of aromatic hydroxyl groups is 1. The number of aliphatic carboxylic acids is 4. The third kappa shape index (κ3) is 8.72. The molecule has 0 heterocycles. The van der Waals surface area contributed by atoms with Crippen LogP contribution in [0.1, 0.15) is 48.8 Å². The van der Waals surface area contributed by atoms with Crippen molar-refractivity contribution in [1.82, 2.24) is 4.90 Å². The minimum absolute atomic E-state index is 0.0132. The van der Waals surface area contributed by atoms with Crippen molar-refractivity contribution in [3.8, 4) is 11.5 Å². The van der Waals surface area contributed by atoms with E-state index in [2.05, 4.69) is 0 Å². The number of halogens is 2. The molecule has 1 fully saturated rings. The van der Waals surface area contributed by atoms with Crippen LogP contribution in [0.2, 0.25) is 0 Å². The van der Waals surface area contributed by atoms with E-state index in [-0.39, 0.29) is 37.8 Å². The van der Waals surface area contributed by atoms with E-state index >= 15 is 8.78 Å². The number of carbonyl (C=O) groups excluding carboxylic acids is 1. The molecule has 1 spiro atoms. The third-order valence-corrected chi connectivity index (χ3v) is 9.43. The van der Waals surface area contributed by atoms with Crippen LogP contribution in [-0.2, 0) is 34.1 Å². The minimum atomic E-state index is -1.33. The summed E-state index contributed by atoms with van der Waals surface area (Å²) in [5, 5.41) is 47.8. The van der Waals surface area contributed by atoms with Gasteiger partial charge < -0.3 is 39.9 Å². The predicted molar refractivity (Wildman–Crippen MR) is 183 cm³/mol. The van der Waals surface area contributed by atoms with Gasteiger partial charge in [-0.1, -0.05) is 25.3 Å². The summed E-state index contributed by atoms with van der Waals surface area (Å²) in [7, 11) is 0. The fourth-order valence-electron chi connectivity index (χ4n) is 7.32. The standard InChI is InChI=1S/C37H38F2N2O12/c38-26-13-22-24(15-29(26)42)37(6-2-1-3-7-37)25-16-30(43)27(39)14-23(25)36(22)21-4-5-28(41(19-34(48)49)20-35(50)51)31(12-21)53-11-10-52-9-8-40(17-32(44)45)18-33(46)47/h4-5,12-16,42H,1-3,6-11,17-20H2,(H,44,45)(H,46,47)(H,48,49)(H,50,51). The Labute approximate surface area is 301 Å². The first kappa shape index (κ1) is 38.6. The minimum Gasteiger partial charge on any atom is -0.505 e. The van der Waals surface area contributed by atoms with Gasteiger partial charge in [0.15, 0.2) is 17.4 Å². The van der Waals surface area contributed by atoms with Gasteiger partial charge in [0.2, 0.25) is 5.78 Å². The lowest BCUT2D eigenvalue weighted by Gasteiger charge is -2.46. The van der Waals surface area contributed by atoms with Gasteiger partial charge in [-0.3, -0.25) is 28.9 Å².